The number of alkyl carbamates (subject to hydrolysis) is 1. The van der Waals surface area contributed by atoms with Crippen LogP contribution in [0.4, 0.5) is 9.59 Å². The van der Waals surface area contributed by atoms with Crippen molar-refractivity contribution in [1.29, 1.82) is 0 Å². The van der Waals surface area contributed by atoms with Gasteiger partial charge in [-0.2, -0.15) is 0 Å². The van der Waals surface area contributed by atoms with Crippen LogP contribution in [-0.4, -0.2) is 41.4 Å². The van der Waals surface area contributed by atoms with Crippen LogP contribution >= 0.6 is 0 Å². The van der Waals surface area contributed by atoms with Gasteiger partial charge in [-0.25, -0.2) is 9.59 Å². The third-order valence-corrected chi connectivity index (χ3v) is 3.15. The molecule has 0 saturated heterocycles. The molecule has 10 nitrogen and oxygen atoms in total. The first-order chi connectivity index (χ1) is 11.0. The molecule has 1 amide bonds. The van der Waals surface area contributed by atoms with Crippen LogP contribution in [-0.2, 0) is 19.0 Å². The van der Waals surface area contributed by atoms with Gasteiger partial charge < -0.3 is 19.5 Å². The van der Waals surface area contributed by atoms with Gasteiger partial charge in [0.2, 0.25) is 6.29 Å². The number of hydrogen-bond acceptors (Lipinski definition) is 8. The van der Waals surface area contributed by atoms with Crippen molar-refractivity contribution in [2.45, 2.75) is 77.4 Å². The molecular weight excluding hydrogens is 324 g/mol. The van der Waals surface area contributed by atoms with E-state index in [1.165, 1.54) is 6.92 Å². The lowest BCUT2D eigenvalue weighted by Gasteiger charge is -2.29. The minimum absolute atomic E-state index is 0.0486. The van der Waals surface area contributed by atoms with Crippen molar-refractivity contribution in [1.82, 2.24) is 5.32 Å². The van der Waals surface area contributed by atoms with Crippen LogP contribution < -0.4 is 5.32 Å². The van der Waals surface area contributed by atoms with E-state index in [4.69, 9.17) is 9.47 Å². The monoisotopic (exact) mass is 348 g/mol. The number of ether oxygens (including phenoxy) is 3. The average Bonchev–Trinajstić information content (AvgIpc) is 2.37. The number of amides is 1. The van der Waals surface area contributed by atoms with Crippen molar-refractivity contribution in [3.8, 4) is 0 Å². The highest BCUT2D eigenvalue weighted by Crippen LogP contribution is 2.22. The van der Waals surface area contributed by atoms with Crippen LogP contribution in [0.2, 0.25) is 0 Å². The van der Waals surface area contributed by atoms with Crippen molar-refractivity contribution in [2.75, 3.05) is 0 Å². The standard InChI is InChI=1S/C14H24N2O8/c1-9(24-16(19)20)21-13(18)22-11-7-5-10(6-8-11)15-12(17)23-14(2,3)4/h9-11H,5-8H2,1-4H3,(H,15,17). The van der Waals surface area contributed by atoms with E-state index in [1.54, 1.807) is 20.8 Å². The van der Waals surface area contributed by atoms with Gasteiger partial charge in [0, 0.05) is 6.04 Å². The van der Waals surface area contributed by atoms with Crippen LogP contribution in [0, 0.1) is 10.1 Å². The van der Waals surface area contributed by atoms with E-state index >= 15 is 0 Å². The van der Waals surface area contributed by atoms with Gasteiger partial charge in [-0.05, 0) is 53.4 Å². The van der Waals surface area contributed by atoms with Gasteiger partial charge in [0.1, 0.15) is 11.7 Å². The second-order valence-corrected chi connectivity index (χ2v) is 6.50. The van der Waals surface area contributed by atoms with Crippen LogP contribution in [0.5, 0.6) is 0 Å². The summed E-state index contributed by atoms with van der Waals surface area (Å²) in [4.78, 5) is 37.3. The summed E-state index contributed by atoms with van der Waals surface area (Å²) in [7, 11) is 0. The van der Waals surface area contributed by atoms with Crippen LogP contribution in [0.15, 0.2) is 0 Å². The zero-order chi connectivity index (χ0) is 18.3. The fourth-order valence-electron chi connectivity index (χ4n) is 2.24. The first-order valence-corrected chi connectivity index (χ1v) is 7.73. The molecule has 0 heterocycles. The summed E-state index contributed by atoms with van der Waals surface area (Å²) >= 11 is 0. The maximum atomic E-state index is 11.7. The average molecular weight is 348 g/mol. The molecule has 0 aliphatic heterocycles. The van der Waals surface area contributed by atoms with Crippen molar-refractivity contribution in [2.24, 2.45) is 0 Å². The summed E-state index contributed by atoms with van der Waals surface area (Å²) in [6, 6.07) is -0.0486. The fraction of sp³-hybridized carbons (Fsp3) is 0.857. The zero-order valence-corrected chi connectivity index (χ0v) is 14.3. The lowest BCUT2D eigenvalue weighted by Crippen LogP contribution is -2.42. The number of nitrogens with zero attached hydrogens (tertiary/aromatic N) is 1. The highest BCUT2D eigenvalue weighted by molar-refractivity contribution is 5.68. The minimum Gasteiger partial charge on any atom is -0.444 e. The normalized spacial score (nSPS) is 22.0. The first kappa shape index (κ1) is 19.8. The van der Waals surface area contributed by atoms with Crippen molar-refractivity contribution >= 4 is 12.2 Å². The van der Waals surface area contributed by atoms with Crippen molar-refractivity contribution in [3.63, 3.8) is 0 Å². The summed E-state index contributed by atoms with van der Waals surface area (Å²) in [6.45, 7) is 6.57. The SMILES string of the molecule is CC(OC(=O)OC1CCC(NC(=O)OC(C)(C)C)CC1)O[N+](=O)[O-]. The van der Waals surface area contributed by atoms with E-state index in [9.17, 15) is 19.7 Å². The Hall–Kier alpha value is -2.26. The Kier molecular flexibility index (Phi) is 7.05. The molecule has 1 aliphatic rings. The fourth-order valence-corrected chi connectivity index (χ4v) is 2.24. The van der Waals surface area contributed by atoms with Gasteiger partial charge >= 0.3 is 12.2 Å². The van der Waals surface area contributed by atoms with Crippen LogP contribution in [0.25, 0.3) is 0 Å². The molecule has 1 unspecified atom stereocenters. The summed E-state index contributed by atoms with van der Waals surface area (Å²) in [6.07, 6.45) is -0.865. The van der Waals surface area contributed by atoms with Gasteiger partial charge in [-0.1, -0.05) is 0 Å². The molecule has 10 heteroatoms. The Morgan fingerprint density at radius 3 is 2.29 bits per heavy atom. The number of carbonyl (C=O) groups excluding carboxylic acids is 2. The quantitative estimate of drug-likeness (QED) is 0.347. The van der Waals surface area contributed by atoms with Gasteiger partial charge in [0.25, 0.3) is 5.09 Å². The van der Waals surface area contributed by atoms with Gasteiger partial charge in [-0.3, -0.25) is 4.84 Å². The Balaban J connectivity index is 2.27. The summed E-state index contributed by atoms with van der Waals surface area (Å²) in [5.74, 6) is 0. The number of nitrogens with one attached hydrogen (secondary N) is 1. The van der Waals surface area contributed by atoms with Crippen LogP contribution in [0.1, 0.15) is 53.4 Å². The molecule has 24 heavy (non-hydrogen) atoms. The van der Waals surface area contributed by atoms with E-state index in [-0.39, 0.29) is 12.1 Å². The number of carbonyl (C=O) groups is 2. The topological polar surface area (TPSA) is 126 Å². The van der Waals surface area contributed by atoms with Gasteiger partial charge in [0.15, 0.2) is 0 Å². The lowest BCUT2D eigenvalue weighted by molar-refractivity contribution is -0.777. The van der Waals surface area contributed by atoms with Gasteiger partial charge in [-0.15, -0.1) is 10.1 Å². The molecule has 1 saturated carbocycles. The lowest BCUT2D eigenvalue weighted by atomic mass is 9.93. The molecule has 0 aromatic heterocycles. The Labute approximate surface area is 139 Å². The third kappa shape index (κ3) is 8.39. The second kappa shape index (κ2) is 8.55. The highest BCUT2D eigenvalue weighted by atomic mass is 17.0. The number of rotatable bonds is 5. The zero-order valence-electron chi connectivity index (χ0n) is 14.3. The van der Waals surface area contributed by atoms with Gasteiger partial charge in [0.05, 0.1) is 0 Å². The first-order valence-electron chi connectivity index (χ1n) is 7.73. The Morgan fingerprint density at radius 2 is 1.79 bits per heavy atom. The Bertz CT molecular complexity index is 454. The summed E-state index contributed by atoms with van der Waals surface area (Å²) in [5.41, 5.74) is -0.559. The molecule has 0 aromatic rings. The third-order valence-electron chi connectivity index (χ3n) is 3.15. The molecule has 0 spiro atoms. The molecule has 0 bridgehead atoms. The molecular formula is C14H24N2O8. The molecule has 1 N–H and O–H groups in total. The van der Waals surface area contributed by atoms with E-state index < -0.39 is 29.2 Å². The van der Waals surface area contributed by atoms with E-state index in [1.807, 2.05) is 0 Å². The molecule has 138 valence electrons. The molecule has 1 rings (SSSR count). The maximum absolute atomic E-state index is 11.7. The predicted octanol–water partition coefficient (Wildman–Crippen LogP) is 2.53. The molecule has 1 aliphatic carbocycles. The minimum atomic E-state index is -1.34. The number of hydrogen-bond donors (Lipinski definition) is 1. The second-order valence-electron chi connectivity index (χ2n) is 6.50. The van der Waals surface area contributed by atoms with Crippen LogP contribution in [0.3, 0.4) is 0 Å². The Morgan fingerprint density at radius 1 is 1.21 bits per heavy atom. The molecule has 0 aromatic carbocycles. The molecule has 0 radical (unpaired) electrons. The smallest absolute Gasteiger partial charge is 0.444 e. The van der Waals surface area contributed by atoms with E-state index in [2.05, 4.69) is 14.9 Å². The van der Waals surface area contributed by atoms with E-state index in [0.29, 0.717) is 25.7 Å². The van der Waals surface area contributed by atoms with Crippen molar-refractivity contribution in [3.05, 3.63) is 10.1 Å². The summed E-state index contributed by atoms with van der Waals surface area (Å²) in [5, 5.41) is 11.8. The molecule has 1 fully saturated rings. The molecule has 1 atom stereocenters. The maximum Gasteiger partial charge on any atom is 0.510 e. The van der Waals surface area contributed by atoms with E-state index in [0.717, 1.165) is 0 Å². The van der Waals surface area contributed by atoms with Crippen molar-refractivity contribution < 1.29 is 33.7 Å². The predicted molar refractivity (Wildman–Crippen MR) is 80.5 cm³/mol. The largest absolute Gasteiger partial charge is 0.510 e. The highest BCUT2D eigenvalue weighted by Gasteiger charge is 2.27. The summed E-state index contributed by atoms with van der Waals surface area (Å²) < 4.78 is 14.8.